The number of aliphatic hydroxyl groups is 1. The number of hydrogen-bond acceptors (Lipinski definition) is 9. The van der Waals surface area contributed by atoms with Gasteiger partial charge in [-0.3, -0.25) is 18.6 Å². The first-order valence-corrected chi connectivity index (χ1v) is 20.7. The molecule has 0 fully saturated rings. The number of hydrogen-bond donors (Lipinski definition) is 3. The number of nitrogens with two attached hydrogens (primary N) is 1. The fourth-order valence-corrected chi connectivity index (χ4v) is 5.31. The van der Waals surface area contributed by atoms with Crippen molar-refractivity contribution in [3.8, 4) is 0 Å². The molecule has 0 saturated heterocycles. The van der Waals surface area contributed by atoms with E-state index >= 15 is 0 Å². The smallest absolute Gasteiger partial charge is 0.462 e. The summed E-state index contributed by atoms with van der Waals surface area (Å²) in [6, 6.07) is 0. The van der Waals surface area contributed by atoms with E-state index in [4.69, 9.17) is 24.3 Å². The molecule has 0 aromatic carbocycles. The minimum absolute atomic E-state index is 0.0305. The second-order valence-electron chi connectivity index (χ2n) is 12.2. The Morgan fingerprint density at radius 1 is 0.673 bits per heavy atom. The Morgan fingerprint density at radius 3 is 1.92 bits per heavy atom. The highest BCUT2D eigenvalue weighted by Gasteiger charge is 2.25. The van der Waals surface area contributed by atoms with Crippen molar-refractivity contribution in [3.05, 3.63) is 85.1 Å². The third-order valence-corrected chi connectivity index (χ3v) is 8.34. The molecule has 296 valence electrons. The summed E-state index contributed by atoms with van der Waals surface area (Å²) >= 11 is 0. The van der Waals surface area contributed by atoms with Crippen molar-refractivity contribution in [1.82, 2.24) is 0 Å². The van der Waals surface area contributed by atoms with E-state index in [1.54, 1.807) is 6.08 Å². The number of rotatable bonds is 34. The molecule has 52 heavy (non-hydrogen) atoms. The Morgan fingerprint density at radius 2 is 1.23 bits per heavy atom. The maximum absolute atomic E-state index is 12.5. The zero-order valence-electron chi connectivity index (χ0n) is 31.9. The molecule has 0 amide bonds. The van der Waals surface area contributed by atoms with Crippen LogP contribution in [0, 0.1) is 0 Å². The van der Waals surface area contributed by atoms with Crippen molar-refractivity contribution in [2.45, 2.75) is 135 Å². The van der Waals surface area contributed by atoms with Crippen LogP contribution in [0.15, 0.2) is 85.1 Å². The highest BCUT2D eigenvalue weighted by atomic mass is 31.2. The van der Waals surface area contributed by atoms with Crippen LogP contribution < -0.4 is 5.73 Å². The number of esters is 2. The lowest BCUT2D eigenvalue weighted by atomic mass is 10.1. The van der Waals surface area contributed by atoms with Gasteiger partial charge in [-0.15, -0.1) is 0 Å². The van der Waals surface area contributed by atoms with Gasteiger partial charge in [0.2, 0.25) is 0 Å². The van der Waals surface area contributed by atoms with E-state index < -0.39 is 38.6 Å². The molecule has 0 rings (SSSR count). The van der Waals surface area contributed by atoms with Crippen molar-refractivity contribution in [2.24, 2.45) is 5.73 Å². The zero-order valence-corrected chi connectivity index (χ0v) is 32.8. The van der Waals surface area contributed by atoms with Crippen molar-refractivity contribution in [2.75, 3.05) is 26.4 Å². The van der Waals surface area contributed by atoms with Crippen LogP contribution in [0.25, 0.3) is 0 Å². The highest BCUT2D eigenvalue weighted by molar-refractivity contribution is 7.47. The second kappa shape index (κ2) is 36.5. The first-order chi connectivity index (χ1) is 25.2. The van der Waals surface area contributed by atoms with Gasteiger partial charge in [-0.2, -0.15) is 0 Å². The minimum Gasteiger partial charge on any atom is -0.462 e. The number of phosphoric ester groups is 1. The number of ether oxygens (including phenoxy) is 2. The van der Waals surface area contributed by atoms with Gasteiger partial charge >= 0.3 is 19.8 Å². The summed E-state index contributed by atoms with van der Waals surface area (Å²) in [7, 11) is -4.41. The van der Waals surface area contributed by atoms with E-state index in [9.17, 15) is 24.2 Å². The molecule has 0 aliphatic heterocycles. The molecule has 0 spiro atoms. The molecule has 2 unspecified atom stereocenters. The summed E-state index contributed by atoms with van der Waals surface area (Å²) in [6.07, 6.45) is 40.9. The van der Waals surface area contributed by atoms with Crippen LogP contribution in [0.3, 0.4) is 0 Å². The molecule has 0 saturated carbocycles. The first kappa shape index (κ1) is 49.1. The zero-order chi connectivity index (χ0) is 38.4. The molecule has 0 heterocycles. The lowest BCUT2D eigenvalue weighted by molar-refractivity contribution is -0.161. The summed E-state index contributed by atoms with van der Waals surface area (Å²) in [6.45, 7) is 3.27. The van der Waals surface area contributed by atoms with Gasteiger partial charge in [0.15, 0.2) is 6.10 Å². The van der Waals surface area contributed by atoms with E-state index in [-0.39, 0.29) is 32.6 Å². The van der Waals surface area contributed by atoms with E-state index in [1.807, 2.05) is 24.3 Å². The quantitative estimate of drug-likeness (QED) is 0.0191. The molecule has 0 aliphatic rings. The summed E-state index contributed by atoms with van der Waals surface area (Å²) in [5.74, 6) is -0.943. The van der Waals surface area contributed by atoms with Crippen LogP contribution in [-0.4, -0.2) is 60.5 Å². The lowest BCUT2D eigenvalue weighted by Crippen LogP contribution is -2.29. The number of unbranched alkanes of at least 4 members (excludes halogenated alkanes) is 7. The molecule has 10 nitrogen and oxygen atoms in total. The maximum atomic E-state index is 12.5. The Kier molecular flexibility index (Phi) is 34.5. The van der Waals surface area contributed by atoms with E-state index in [0.717, 1.165) is 77.0 Å². The van der Waals surface area contributed by atoms with E-state index in [1.165, 1.54) is 0 Å². The Labute approximate surface area is 314 Å². The summed E-state index contributed by atoms with van der Waals surface area (Å²) in [4.78, 5) is 34.7. The van der Waals surface area contributed by atoms with Crippen LogP contribution in [0.1, 0.15) is 123 Å². The van der Waals surface area contributed by atoms with Crippen LogP contribution >= 0.6 is 7.82 Å². The molecule has 11 heteroatoms. The third kappa shape index (κ3) is 35.5. The van der Waals surface area contributed by atoms with Gasteiger partial charge in [-0.05, 0) is 77.0 Å². The number of carbonyl (C=O) groups excluding carboxylic acids is 2. The fraction of sp³-hybridized carbons (Fsp3) is 0.610. The molecule has 0 bridgehead atoms. The lowest BCUT2D eigenvalue weighted by Gasteiger charge is -2.19. The third-order valence-electron chi connectivity index (χ3n) is 7.36. The number of phosphoric acid groups is 1. The van der Waals surface area contributed by atoms with Gasteiger partial charge in [0.25, 0.3) is 0 Å². The Hall–Kier alpha value is -2.85. The Balaban J connectivity index is 4.39. The van der Waals surface area contributed by atoms with E-state index in [2.05, 4.69) is 68.5 Å². The normalized spacial score (nSPS) is 14.9. The van der Waals surface area contributed by atoms with Gasteiger partial charge in [-0.25, -0.2) is 4.57 Å². The van der Waals surface area contributed by atoms with Crippen LogP contribution in [0.2, 0.25) is 0 Å². The van der Waals surface area contributed by atoms with Crippen LogP contribution in [0.5, 0.6) is 0 Å². The Bertz CT molecular complexity index is 1140. The summed E-state index contributed by atoms with van der Waals surface area (Å²) < 4.78 is 32.6. The van der Waals surface area contributed by atoms with E-state index in [0.29, 0.717) is 19.3 Å². The minimum atomic E-state index is -4.41. The molecular formula is C41H68NO9P. The molecule has 3 atom stereocenters. The van der Waals surface area contributed by atoms with Gasteiger partial charge in [0.05, 0.1) is 19.3 Å². The molecule has 0 aromatic rings. The first-order valence-electron chi connectivity index (χ1n) is 19.2. The predicted molar refractivity (Wildman–Crippen MR) is 211 cm³/mol. The van der Waals surface area contributed by atoms with Gasteiger partial charge in [-0.1, -0.05) is 118 Å². The predicted octanol–water partition coefficient (Wildman–Crippen LogP) is 9.46. The molecule has 0 radical (unpaired) electrons. The standard InChI is InChI=1S/C41H68NO9P/c1-3-5-7-8-9-10-11-12-13-14-15-18-21-24-28-32-40(44)48-36-39(37-50-52(46,47)49-35-34-42)51-41(45)33-29-25-22-19-16-17-20-23-27-31-38(43)30-26-6-4-2/h5-7,9-10,12-13,15,18,20,23,26-27,31,38-39,43H,3-4,8,11,14,16-17,19,21-22,24-25,28-30,32-37,42H2,1-2H3,(H,46,47)/b7-5-,10-9-,13-12-,18-15-,23-20+,26-6+,31-27+/t38?,39-/m1/s1. The number of allylic oxidation sites excluding steroid dienone is 12. The molecule has 0 aliphatic carbocycles. The summed E-state index contributed by atoms with van der Waals surface area (Å²) in [5.41, 5.74) is 5.32. The maximum Gasteiger partial charge on any atom is 0.472 e. The molecule has 0 aromatic heterocycles. The number of carbonyl (C=O) groups is 2. The summed E-state index contributed by atoms with van der Waals surface area (Å²) in [5, 5.41) is 9.85. The van der Waals surface area contributed by atoms with Crippen LogP contribution in [-0.2, 0) is 32.7 Å². The average molecular weight is 750 g/mol. The SMILES string of the molecule is CC/C=C\C/C=C\C/C=C\C/C=C\CCCCC(=O)OC[C@H](COP(=O)(O)OCCN)OC(=O)CCCCCCC/C=C/C=C/C(O)C/C=C/CC. The monoisotopic (exact) mass is 749 g/mol. The topological polar surface area (TPSA) is 155 Å². The largest absolute Gasteiger partial charge is 0.472 e. The van der Waals surface area contributed by atoms with Gasteiger partial charge in [0.1, 0.15) is 6.61 Å². The van der Waals surface area contributed by atoms with Crippen molar-refractivity contribution in [3.63, 3.8) is 0 Å². The molecular weight excluding hydrogens is 681 g/mol. The van der Waals surface area contributed by atoms with Crippen molar-refractivity contribution < 1.29 is 42.7 Å². The van der Waals surface area contributed by atoms with Crippen LogP contribution in [0.4, 0.5) is 0 Å². The number of aliphatic hydroxyl groups excluding tert-OH is 1. The highest BCUT2D eigenvalue weighted by Crippen LogP contribution is 2.43. The average Bonchev–Trinajstić information content (AvgIpc) is 3.12. The van der Waals surface area contributed by atoms with Crippen molar-refractivity contribution >= 4 is 19.8 Å². The van der Waals surface area contributed by atoms with Gasteiger partial charge in [0, 0.05) is 19.4 Å². The fourth-order valence-electron chi connectivity index (χ4n) is 4.54. The van der Waals surface area contributed by atoms with Gasteiger partial charge < -0.3 is 25.2 Å². The van der Waals surface area contributed by atoms with Crippen molar-refractivity contribution in [1.29, 1.82) is 0 Å². The second-order valence-corrected chi connectivity index (χ2v) is 13.7. The molecule has 4 N–H and O–H groups in total.